The van der Waals surface area contributed by atoms with Crippen molar-refractivity contribution in [3.05, 3.63) is 23.7 Å². The van der Waals surface area contributed by atoms with E-state index in [2.05, 4.69) is 39.8 Å². The lowest BCUT2D eigenvalue weighted by Crippen LogP contribution is -2.43. The molecule has 2 heteroatoms. The first kappa shape index (κ1) is 16.0. The van der Waals surface area contributed by atoms with Crippen molar-refractivity contribution in [1.82, 2.24) is 0 Å². The zero-order valence-electron chi connectivity index (χ0n) is 14.9. The molecule has 2 fully saturated rings. The van der Waals surface area contributed by atoms with Crippen LogP contribution in [0.25, 0.3) is 0 Å². The molecular weight excluding hydrogens is 272 g/mol. The zero-order valence-corrected chi connectivity index (χ0v) is 14.9. The van der Waals surface area contributed by atoms with E-state index in [9.17, 15) is 0 Å². The van der Waals surface area contributed by atoms with Gasteiger partial charge in [0.25, 0.3) is 0 Å². The van der Waals surface area contributed by atoms with Crippen LogP contribution in [-0.2, 0) is 9.47 Å². The molecular formula is C20H32O2. The fraction of sp³-hybridized carbons (Fsp3) is 0.800. The van der Waals surface area contributed by atoms with Crippen LogP contribution in [0.1, 0.15) is 53.4 Å². The van der Waals surface area contributed by atoms with Gasteiger partial charge >= 0.3 is 0 Å². The van der Waals surface area contributed by atoms with E-state index in [4.69, 9.17) is 9.47 Å². The molecule has 124 valence electrons. The zero-order chi connectivity index (χ0) is 15.9. The first-order valence-electron chi connectivity index (χ1n) is 9.11. The van der Waals surface area contributed by atoms with Gasteiger partial charge in [-0.25, -0.2) is 0 Å². The Labute approximate surface area is 136 Å². The van der Waals surface area contributed by atoms with Crippen LogP contribution in [-0.4, -0.2) is 13.7 Å². The minimum absolute atomic E-state index is 0.455. The Bertz CT molecular complexity index is 476. The van der Waals surface area contributed by atoms with Crippen molar-refractivity contribution in [1.29, 1.82) is 0 Å². The second-order valence-electron chi connectivity index (χ2n) is 8.08. The predicted molar refractivity (Wildman–Crippen MR) is 90.2 cm³/mol. The van der Waals surface area contributed by atoms with E-state index in [0.29, 0.717) is 23.2 Å². The predicted octanol–water partition coefficient (Wildman–Crippen LogP) is 5.17. The van der Waals surface area contributed by atoms with Crippen molar-refractivity contribution in [2.24, 2.45) is 35.0 Å². The van der Waals surface area contributed by atoms with Gasteiger partial charge in [0.15, 0.2) is 5.76 Å². The van der Waals surface area contributed by atoms with Gasteiger partial charge in [-0.3, -0.25) is 0 Å². The van der Waals surface area contributed by atoms with Gasteiger partial charge < -0.3 is 9.47 Å². The molecule has 3 aliphatic rings. The van der Waals surface area contributed by atoms with E-state index in [1.54, 1.807) is 7.11 Å². The van der Waals surface area contributed by atoms with E-state index in [1.165, 1.54) is 25.7 Å². The first-order chi connectivity index (χ1) is 10.5. The Balaban J connectivity index is 1.90. The van der Waals surface area contributed by atoms with Gasteiger partial charge in [-0.1, -0.05) is 40.2 Å². The van der Waals surface area contributed by atoms with Crippen LogP contribution >= 0.6 is 0 Å². The van der Waals surface area contributed by atoms with E-state index in [0.717, 1.165) is 30.0 Å². The molecule has 4 unspecified atom stereocenters. The van der Waals surface area contributed by atoms with E-state index >= 15 is 0 Å². The third kappa shape index (κ3) is 2.39. The van der Waals surface area contributed by atoms with Crippen LogP contribution in [0.2, 0.25) is 0 Å². The highest BCUT2D eigenvalue weighted by Crippen LogP contribution is 2.59. The first-order valence-corrected chi connectivity index (χ1v) is 9.11. The molecule has 0 radical (unpaired) electrons. The van der Waals surface area contributed by atoms with E-state index < -0.39 is 0 Å². The Kier molecular flexibility index (Phi) is 4.31. The van der Waals surface area contributed by atoms with Crippen LogP contribution < -0.4 is 0 Å². The van der Waals surface area contributed by atoms with Gasteiger partial charge in [-0.05, 0) is 48.5 Å². The molecule has 0 aromatic heterocycles. The minimum atomic E-state index is 0.455. The van der Waals surface area contributed by atoms with Gasteiger partial charge in [-0.15, -0.1) is 0 Å². The molecule has 1 saturated heterocycles. The van der Waals surface area contributed by atoms with Crippen LogP contribution in [0, 0.1) is 35.0 Å². The van der Waals surface area contributed by atoms with E-state index in [1.807, 2.05) is 0 Å². The van der Waals surface area contributed by atoms with Gasteiger partial charge in [0.05, 0.1) is 13.7 Å². The third-order valence-corrected chi connectivity index (χ3v) is 6.91. The molecule has 0 N–H and O–H groups in total. The molecule has 0 amide bonds. The molecule has 0 aromatic rings. The molecule has 1 heterocycles. The van der Waals surface area contributed by atoms with Crippen molar-refractivity contribution >= 4 is 0 Å². The second kappa shape index (κ2) is 5.94. The Morgan fingerprint density at radius 3 is 2.77 bits per heavy atom. The third-order valence-electron chi connectivity index (χ3n) is 6.91. The Morgan fingerprint density at radius 2 is 2.14 bits per heavy atom. The Hall–Kier alpha value is -0.920. The van der Waals surface area contributed by atoms with Crippen molar-refractivity contribution in [2.75, 3.05) is 13.7 Å². The highest BCUT2D eigenvalue weighted by molar-refractivity contribution is 5.30. The molecule has 1 saturated carbocycles. The lowest BCUT2D eigenvalue weighted by Gasteiger charge is -2.49. The fourth-order valence-corrected chi connectivity index (χ4v) is 5.06. The molecule has 2 nitrogen and oxygen atoms in total. The normalized spacial score (nSPS) is 38.0. The average molecular weight is 304 g/mol. The van der Waals surface area contributed by atoms with Crippen LogP contribution in [0.5, 0.6) is 0 Å². The number of hydrogen-bond donors (Lipinski definition) is 0. The van der Waals surface area contributed by atoms with Gasteiger partial charge in [0, 0.05) is 11.8 Å². The van der Waals surface area contributed by atoms with Crippen molar-refractivity contribution in [2.45, 2.75) is 53.4 Å². The largest absolute Gasteiger partial charge is 0.493 e. The standard InChI is InChI=1S/C20H32O2/c1-6-20(11-14(4)13(2)3)10-9-15-7-8-17(21-5)19-18(15)16(20)12-22-19/h7-8,13-16,18H,6,9-12H2,1-5H3/t14?,15?,16?,18?,20-/m0/s1. The molecule has 22 heavy (non-hydrogen) atoms. The summed E-state index contributed by atoms with van der Waals surface area (Å²) < 4.78 is 11.7. The molecule has 1 aliphatic heterocycles. The van der Waals surface area contributed by atoms with Crippen LogP contribution in [0.3, 0.4) is 0 Å². The molecule has 0 spiro atoms. The van der Waals surface area contributed by atoms with Crippen LogP contribution in [0.15, 0.2) is 23.7 Å². The quantitative estimate of drug-likeness (QED) is 0.698. The summed E-state index contributed by atoms with van der Waals surface area (Å²) in [6.45, 7) is 10.4. The molecule has 0 aromatic carbocycles. The second-order valence-corrected chi connectivity index (χ2v) is 8.08. The monoisotopic (exact) mass is 304 g/mol. The number of hydrogen-bond acceptors (Lipinski definition) is 2. The average Bonchev–Trinajstić information content (AvgIpc) is 2.97. The van der Waals surface area contributed by atoms with Gasteiger partial charge in [0.2, 0.25) is 0 Å². The topological polar surface area (TPSA) is 18.5 Å². The summed E-state index contributed by atoms with van der Waals surface area (Å²) in [4.78, 5) is 0. The highest BCUT2D eigenvalue weighted by Gasteiger charge is 2.54. The molecule has 5 atom stereocenters. The summed E-state index contributed by atoms with van der Waals surface area (Å²) in [5.41, 5.74) is 0.455. The smallest absolute Gasteiger partial charge is 0.156 e. The number of allylic oxidation sites excluding steroid dienone is 3. The maximum absolute atomic E-state index is 6.18. The lowest BCUT2D eigenvalue weighted by atomic mass is 9.54. The summed E-state index contributed by atoms with van der Waals surface area (Å²) in [5.74, 6) is 5.55. The summed E-state index contributed by atoms with van der Waals surface area (Å²) in [5, 5.41) is 0. The Morgan fingerprint density at radius 1 is 1.36 bits per heavy atom. The van der Waals surface area contributed by atoms with Gasteiger partial charge in [-0.2, -0.15) is 0 Å². The summed E-state index contributed by atoms with van der Waals surface area (Å²) in [7, 11) is 1.76. The molecule has 2 aliphatic carbocycles. The van der Waals surface area contributed by atoms with Crippen molar-refractivity contribution in [3.63, 3.8) is 0 Å². The maximum Gasteiger partial charge on any atom is 0.156 e. The number of ether oxygens (including phenoxy) is 2. The molecule has 0 bridgehead atoms. The molecule has 3 rings (SSSR count). The summed E-state index contributed by atoms with van der Waals surface area (Å²) >= 11 is 0. The maximum atomic E-state index is 6.18. The highest BCUT2D eigenvalue weighted by atomic mass is 16.5. The SMILES string of the molecule is CC[C@@]1(CC(C)C(C)C)CCC2C=CC(OC)=C3OCC1C32. The summed E-state index contributed by atoms with van der Waals surface area (Å²) in [6, 6.07) is 0. The number of methoxy groups -OCH3 is 1. The van der Waals surface area contributed by atoms with Gasteiger partial charge in [0.1, 0.15) is 5.76 Å². The van der Waals surface area contributed by atoms with E-state index in [-0.39, 0.29) is 0 Å². The lowest BCUT2D eigenvalue weighted by molar-refractivity contribution is 0.0139. The fourth-order valence-electron chi connectivity index (χ4n) is 5.06. The number of rotatable bonds is 5. The van der Waals surface area contributed by atoms with Crippen molar-refractivity contribution < 1.29 is 9.47 Å². The van der Waals surface area contributed by atoms with Crippen molar-refractivity contribution in [3.8, 4) is 0 Å². The minimum Gasteiger partial charge on any atom is -0.493 e. The van der Waals surface area contributed by atoms with Crippen LogP contribution in [0.4, 0.5) is 0 Å². The summed E-state index contributed by atoms with van der Waals surface area (Å²) in [6.07, 6.45) is 9.79.